The van der Waals surface area contributed by atoms with E-state index >= 15 is 0 Å². The van der Waals surface area contributed by atoms with Gasteiger partial charge in [0.05, 0.1) is 5.69 Å². The first-order chi connectivity index (χ1) is 11.4. The van der Waals surface area contributed by atoms with Crippen molar-refractivity contribution < 1.29 is 17.2 Å². The van der Waals surface area contributed by atoms with Crippen LogP contribution in [-0.4, -0.2) is 23.6 Å². The Kier molecular flexibility index (Phi) is 4.29. The zero-order valence-corrected chi connectivity index (χ0v) is 13.9. The second-order valence-corrected chi connectivity index (χ2v) is 6.95. The average Bonchev–Trinajstić information content (AvgIpc) is 3.18. The van der Waals surface area contributed by atoms with Gasteiger partial charge in [-0.2, -0.15) is 0 Å². The Hall–Kier alpha value is -2.39. The molecule has 0 amide bonds. The smallest absolute Gasteiger partial charge is 0.264 e. The Morgan fingerprint density at radius 3 is 2.79 bits per heavy atom. The minimum absolute atomic E-state index is 0.0944. The summed E-state index contributed by atoms with van der Waals surface area (Å²) in [7, 11) is -3.99. The van der Waals surface area contributed by atoms with Crippen molar-refractivity contribution in [1.29, 1.82) is 0 Å². The van der Waals surface area contributed by atoms with E-state index in [1.54, 1.807) is 0 Å². The maximum atomic E-state index is 13.8. The van der Waals surface area contributed by atoms with E-state index in [1.807, 2.05) is 6.92 Å². The van der Waals surface area contributed by atoms with Crippen molar-refractivity contribution in [1.82, 2.24) is 15.2 Å². The van der Waals surface area contributed by atoms with Crippen molar-refractivity contribution >= 4 is 27.3 Å². The van der Waals surface area contributed by atoms with Crippen molar-refractivity contribution in [2.45, 2.75) is 18.2 Å². The molecule has 0 aliphatic carbocycles. The number of halogens is 2. The average molecular weight is 371 g/mol. The fourth-order valence-electron chi connectivity index (χ4n) is 1.93. The van der Waals surface area contributed by atoms with Crippen LogP contribution in [0.2, 0.25) is 5.02 Å². The van der Waals surface area contributed by atoms with Gasteiger partial charge in [-0.05, 0) is 24.3 Å². The molecule has 0 aliphatic heterocycles. The second-order valence-electron chi connectivity index (χ2n) is 4.83. The van der Waals surface area contributed by atoms with E-state index in [9.17, 15) is 12.8 Å². The van der Waals surface area contributed by atoms with Crippen LogP contribution in [0.4, 0.5) is 10.1 Å². The molecule has 126 valence electrons. The molecule has 0 radical (unpaired) electrons. The van der Waals surface area contributed by atoms with E-state index in [-0.39, 0.29) is 21.5 Å². The molecule has 10 heteroatoms. The Morgan fingerprint density at radius 1 is 1.33 bits per heavy atom. The number of aromatic amines is 1. The molecule has 0 bridgehead atoms. The molecule has 0 unspecified atom stereocenters. The largest absolute Gasteiger partial charge is 0.419 e. The summed E-state index contributed by atoms with van der Waals surface area (Å²) in [5.41, 5.74) is 0.146. The molecule has 0 saturated carbocycles. The molecule has 0 spiro atoms. The van der Waals surface area contributed by atoms with Crippen molar-refractivity contribution in [3.63, 3.8) is 0 Å². The normalized spacial score (nSPS) is 11.6. The van der Waals surface area contributed by atoms with Gasteiger partial charge in [0.15, 0.2) is 0 Å². The van der Waals surface area contributed by atoms with Crippen molar-refractivity contribution in [2.75, 3.05) is 4.72 Å². The first kappa shape index (κ1) is 16.5. The van der Waals surface area contributed by atoms with Gasteiger partial charge in [0.2, 0.25) is 5.89 Å². The molecule has 0 fully saturated rings. The van der Waals surface area contributed by atoms with Crippen molar-refractivity contribution in [3.8, 4) is 11.6 Å². The van der Waals surface area contributed by atoms with E-state index in [2.05, 4.69) is 19.9 Å². The summed E-state index contributed by atoms with van der Waals surface area (Å²) in [5.74, 6) is -0.164. The second kappa shape index (κ2) is 6.25. The third-order valence-electron chi connectivity index (χ3n) is 3.14. The maximum Gasteiger partial charge on any atom is 0.264 e. The van der Waals surface area contributed by atoms with Crippen LogP contribution in [0.3, 0.4) is 0 Å². The van der Waals surface area contributed by atoms with Crippen LogP contribution >= 0.6 is 11.6 Å². The number of sulfonamides is 1. The van der Waals surface area contributed by atoms with Crippen LogP contribution in [0.1, 0.15) is 12.8 Å². The van der Waals surface area contributed by atoms with Crippen LogP contribution < -0.4 is 4.72 Å². The Balaban J connectivity index is 1.87. The molecule has 2 aromatic heterocycles. The van der Waals surface area contributed by atoms with Gasteiger partial charge in [-0.25, -0.2) is 12.8 Å². The lowest BCUT2D eigenvalue weighted by Gasteiger charge is -2.07. The monoisotopic (exact) mass is 370 g/mol. The SMILES string of the molecule is CCc1nnc(-c2cc(S(=O)(=O)Nc3ccc(Cl)cc3F)c[nH]2)o1. The lowest BCUT2D eigenvalue weighted by atomic mass is 10.3. The Bertz CT molecular complexity index is 984. The van der Waals surface area contributed by atoms with Gasteiger partial charge in [-0.3, -0.25) is 4.72 Å². The molecular formula is C14H12ClFN4O3S. The molecule has 24 heavy (non-hydrogen) atoms. The molecular weight excluding hydrogens is 359 g/mol. The van der Waals surface area contributed by atoms with E-state index in [1.165, 1.54) is 24.4 Å². The van der Waals surface area contributed by atoms with Crippen LogP contribution in [0, 0.1) is 5.82 Å². The third kappa shape index (κ3) is 3.26. The van der Waals surface area contributed by atoms with Crippen LogP contribution in [0.15, 0.2) is 39.8 Å². The zero-order valence-electron chi connectivity index (χ0n) is 12.4. The van der Waals surface area contributed by atoms with Gasteiger partial charge >= 0.3 is 0 Å². The van der Waals surface area contributed by atoms with Crippen molar-refractivity contribution in [3.05, 3.63) is 47.2 Å². The predicted octanol–water partition coefficient (Wildman–Crippen LogP) is 3.22. The fourth-order valence-corrected chi connectivity index (χ4v) is 3.15. The number of nitrogens with zero attached hydrogens (tertiary/aromatic N) is 2. The summed E-state index contributed by atoms with van der Waals surface area (Å²) in [6.07, 6.45) is 1.82. The number of benzene rings is 1. The highest BCUT2D eigenvalue weighted by Gasteiger charge is 2.20. The lowest BCUT2D eigenvalue weighted by molar-refractivity contribution is 0.511. The number of rotatable bonds is 5. The quantitative estimate of drug-likeness (QED) is 0.718. The van der Waals surface area contributed by atoms with Gasteiger partial charge in [0.1, 0.15) is 16.4 Å². The maximum absolute atomic E-state index is 13.8. The topological polar surface area (TPSA) is 101 Å². The number of aromatic nitrogens is 3. The number of anilines is 1. The number of H-pyrrole nitrogens is 1. The van der Waals surface area contributed by atoms with E-state index < -0.39 is 15.8 Å². The summed E-state index contributed by atoms with van der Waals surface area (Å²) in [6, 6.07) is 4.97. The molecule has 0 atom stereocenters. The number of aryl methyl sites for hydroxylation is 1. The molecule has 0 saturated heterocycles. The molecule has 3 rings (SSSR count). The minimum Gasteiger partial charge on any atom is -0.419 e. The molecule has 2 heterocycles. The molecule has 7 nitrogen and oxygen atoms in total. The van der Waals surface area contributed by atoms with Gasteiger partial charge < -0.3 is 9.40 Å². The fraction of sp³-hybridized carbons (Fsp3) is 0.143. The number of nitrogens with one attached hydrogen (secondary N) is 2. The van der Waals surface area contributed by atoms with Crippen LogP contribution in [0.5, 0.6) is 0 Å². The van der Waals surface area contributed by atoms with E-state index in [4.69, 9.17) is 16.0 Å². The van der Waals surface area contributed by atoms with Crippen LogP contribution in [0.25, 0.3) is 11.6 Å². The van der Waals surface area contributed by atoms with Gasteiger partial charge in [0.25, 0.3) is 15.9 Å². The third-order valence-corrected chi connectivity index (χ3v) is 4.72. The highest BCUT2D eigenvalue weighted by atomic mass is 35.5. The number of hydrogen-bond donors (Lipinski definition) is 2. The summed E-state index contributed by atoms with van der Waals surface area (Å²) in [4.78, 5) is 2.65. The van der Waals surface area contributed by atoms with E-state index in [0.717, 1.165) is 6.07 Å². The highest BCUT2D eigenvalue weighted by Crippen LogP contribution is 2.25. The Labute approximate surface area is 141 Å². The summed E-state index contributed by atoms with van der Waals surface area (Å²) in [5, 5.41) is 7.80. The lowest BCUT2D eigenvalue weighted by Crippen LogP contribution is -2.13. The predicted molar refractivity (Wildman–Crippen MR) is 85.7 cm³/mol. The number of hydrogen-bond acceptors (Lipinski definition) is 5. The molecule has 3 aromatic rings. The zero-order chi connectivity index (χ0) is 17.3. The van der Waals surface area contributed by atoms with Gasteiger partial charge in [0, 0.05) is 17.6 Å². The summed E-state index contributed by atoms with van der Waals surface area (Å²) in [6.45, 7) is 1.85. The summed E-state index contributed by atoms with van der Waals surface area (Å²) < 4.78 is 46.0. The molecule has 2 N–H and O–H groups in total. The summed E-state index contributed by atoms with van der Waals surface area (Å²) >= 11 is 5.64. The first-order valence-corrected chi connectivity index (χ1v) is 8.74. The van der Waals surface area contributed by atoms with Crippen LogP contribution in [-0.2, 0) is 16.4 Å². The van der Waals surface area contributed by atoms with Gasteiger partial charge in [-0.15, -0.1) is 10.2 Å². The first-order valence-electron chi connectivity index (χ1n) is 6.88. The van der Waals surface area contributed by atoms with E-state index in [0.29, 0.717) is 18.0 Å². The van der Waals surface area contributed by atoms with Crippen molar-refractivity contribution in [2.24, 2.45) is 0 Å². The highest BCUT2D eigenvalue weighted by molar-refractivity contribution is 7.92. The minimum atomic E-state index is -3.99. The Morgan fingerprint density at radius 2 is 2.12 bits per heavy atom. The van der Waals surface area contributed by atoms with Gasteiger partial charge in [-0.1, -0.05) is 18.5 Å². The molecule has 1 aromatic carbocycles. The molecule has 0 aliphatic rings. The standard InChI is InChI=1S/C14H12ClFN4O3S/c1-2-13-18-19-14(23-13)12-6-9(7-17-12)24(21,22)20-11-4-3-8(15)5-10(11)16/h3-7,17,20H,2H2,1H3.